The van der Waals surface area contributed by atoms with Gasteiger partial charge in [0, 0.05) is 18.7 Å². The van der Waals surface area contributed by atoms with Crippen molar-refractivity contribution in [1.29, 1.82) is 0 Å². The first-order valence-corrected chi connectivity index (χ1v) is 7.27. The van der Waals surface area contributed by atoms with Crippen molar-refractivity contribution in [2.24, 2.45) is 0 Å². The minimum absolute atomic E-state index is 0.0449. The molecule has 1 saturated heterocycles. The van der Waals surface area contributed by atoms with Crippen molar-refractivity contribution in [1.82, 2.24) is 4.90 Å². The van der Waals surface area contributed by atoms with Crippen molar-refractivity contribution in [3.63, 3.8) is 0 Å². The molecule has 1 fully saturated rings. The van der Waals surface area contributed by atoms with Crippen LogP contribution in [0.25, 0.3) is 0 Å². The SMILES string of the molecule is C=C(C)COc1ccc(C(=O)N2CC(C)OC(C)C2)cc1. The van der Waals surface area contributed by atoms with Crippen LogP contribution in [0.15, 0.2) is 36.4 Å². The van der Waals surface area contributed by atoms with Crippen molar-refractivity contribution in [2.75, 3.05) is 19.7 Å². The van der Waals surface area contributed by atoms with Gasteiger partial charge in [0.25, 0.3) is 5.91 Å². The van der Waals surface area contributed by atoms with E-state index in [1.807, 2.05) is 37.8 Å². The van der Waals surface area contributed by atoms with Gasteiger partial charge in [0.15, 0.2) is 0 Å². The van der Waals surface area contributed by atoms with Gasteiger partial charge < -0.3 is 14.4 Å². The van der Waals surface area contributed by atoms with E-state index in [-0.39, 0.29) is 18.1 Å². The number of ether oxygens (including phenoxy) is 2. The van der Waals surface area contributed by atoms with E-state index in [0.717, 1.165) is 11.3 Å². The van der Waals surface area contributed by atoms with Gasteiger partial charge >= 0.3 is 0 Å². The van der Waals surface area contributed by atoms with Crippen LogP contribution in [0.4, 0.5) is 0 Å². The highest BCUT2D eigenvalue weighted by atomic mass is 16.5. The summed E-state index contributed by atoms with van der Waals surface area (Å²) >= 11 is 0. The molecule has 1 aliphatic rings. The molecule has 0 radical (unpaired) electrons. The van der Waals surface area contributed by atoms with Crippen LogP contribution in [0.1, 0.15) is 31.1 Å². The maximum absolute atomic E-state index is 12.5. The average molecular weight is 289 g/mol. The highest BCUT2D eigenvalue weighted by Crippen LogP contribution is 2.17. The predicted molar refractivity (Wildman–Crippen MR) is 82.7 cm³/mol. The number of benzene rings is 1. The van der Waals surface area contributed by atoms with Gasteiger partial charge in [-0.15, -0.1) is 0 Å². The van der Waals surface area contributed by atoms with Gasteiger partial charge in [-0.3, -0.25) is 4.79 Å². The summed E-state index contributed by atoms with van der Waals surface area (Å²) in [7, 11) is 0. The molecule has 0 N–H and O–H groups in total. The van der Waals surface area contributed by atoms with E-state index in [1.165, 1.54) is 0 Å². The molecule has 2 atom stereocenters. The van der Waals surface area contributed by atoms with E-state index in [2.05, 4.69) is 6.58 Å². The largest absolute Gasteiger partial charge is 0.489 e. The Bertz CT molecular complexity index is 499. The fraction of sp³-hybridized carbons (Fsp3) is 0.471. The number of nitrogens with zero attached hydrogens (tertiary/aromatic N) is 1. The molecule has 21 heavy (non-hydrogen) atoms. The Kier molecular flexibility index (Phi) is 5.02. The zero-order valence-electron chi connectivity index (χ0n) is 13.0. The molecule has 1 heterocycles. The molecule has 2 rings (SSSR count). The molecule has 1 amide bonds. The van der Waals surface area contributed by atoms with Crippen molar-refractivity contribution >= 4 is 5.91 Å². The smallest absolute Gasteiger partial charge is 0.254 e. The standard InChI is InChI=1S/C17H23NO3/c1-12(2)11-20-16-7-5-15(6-8-16)17(19)18-9-13(3)21-14(4)10-18/h5-8,13-14H,1,9-11H2,2-4H3. The molecule has 0 bridgehead atoms. The molecule has 1 aromatic carbocycles. The minimum atomic E-state index is 0.0449. The monoisotopic (exact) mass is 289 g/mol. The van der Waals surface area contributed by atoms with Crippen molar-refractivity contribution in [3.8, 4) is 5.75 Å². The van der Waals surface area contributed by atoms with Crippen LogP contribution in [0.5, 0.6) is 5.75 Å². The normalized spacial score (nSPS) is 22.0. The molecular formula is C17H23NO3. The summed E-state index contributed by atoms with van der Waals surface area (Å²) in [5.41, 5.74) is 1.64. The number of hydrogen-bond acceptors (Lipinski definition) is 3. The Balaban J connectivity index is 2.00. The highest BCUT2D eigenvalue weighted by molar-refractivity contribution is 5.94. The van der Waals surface area contributed by atoms with E-state index in [1.54, 1.807) is 12.1 Å². The van der Waals surface area contributed by atoms with Gasteiger partial charge in [0.05, 0.1) is 12.2 Å². The van der Waals surface area contributed by atoms with E-state index < -0.39 is 0 Å². The number of rotatable bonds is 4. The lowest BCUT2D eigenvalue weighted by atomic mass is 10.1. The number of morpholine rings is 1. The van der Waals surface area contributed by atoms with Crippen LogP contribution in [-0.4, -0.2) is 42.7 Å². The summed E-state index contributed by atoms with van der Waals surface area (Å²) in [4.78, 5) is 14.3. The molecule has 0 saturated carbocycles. The number of carbonyl (C=O) groups excluding carboxylic acids is 1. The highest BCUT2D eigenvalue weighted by Gasteiger charge is 2.26. The Hall–Kier alpha value is -1.81. The third-order valence-corrected chi connectivity index (χ3v) is 3.29. The van der Waals surface area contributed by atoms with E-state index in [0.29, 0.717) is 25.3 Å². The second kappa shape index (κ2) is 6.76. The molecule has 1 aromatic rings. The first kappa shape index (κ1) is 15.6. The third-order valence-electron chi connectivity index (χ3n) is 3.29. The van der Waals surface area contributed by atoms with Crippen molar-refractivity contribution < 1.29 is 14.3 Å². The summed E-state index contributed by atoms with van der Waals surface area (Å²) in [5.74, 6) is 0.793. The Morgan fingerprint density at radius 2 is 1.86 bits per heavy atom. The van der Waals surface area contributed by atoms with Gasteiger partial charge in [-0.1, -0.05) is 6.58 Å². The van der Waals surface area contributed by atoms with Crippen molar-refractivity contribution in [3.05, 3.63) is 42.0 Å². The summed E-state index contributed by atoms with van der Waals surface area (Å²) in [6.45, 7) is 11.5. The quantitative estimate of drug-likeness (QED) is 0.800. The fourth-order valence-corrected chi connectivity index (χ4v) is 2.43. The summed E-state index contributed by atoms with van der Waals surface area (Å²) in [5, 5.41) is 0. The lowest BCUT2D eigenvalue weighted by Gasteiger charge is -2.35. The van der Waals surface area contributed by atoms with Crippen molar-refractivity contribution in [2.45, 2.75) is 33.0 Å². The molecule has 114 valence electrons. The number of hydrogen-bond donors (Lipinski definition) is 0. The van der Waals surface area contributed by atoms with Crippen LogP contribution in [0, 0.1) is 0 Å². The van der Waals surface area contributed by atoms with E-state index >= 15 is 0 Å². The Labute approximate surface area is 126 Å². The van der Waals surface area contributed by atoms with Gasteiger partial charge in [0.2, 0.25) is 0 Å². The zero-order valence-corrected chi connectivity index (χ0v) is 13.0. The molecule has 0 aliphatic carbocycles. The number of carbonyl (C=O) groups is 1. The number of amides is 1. The molecule has 0 aromatic heterocycles. The van der Waals surface area contributed by atoms with Gasteiger partial charge in [0.1, 0.15) is 12.4 Å². The average Bonchev–Trinajstić information content (AvgIpc) is 2.44. The van der Waals surface area contributed by atoms with Crippen LogP contribution in [0.2, 0.25) is 0 Å². The molecule has 0 spiro atoms. The zero-order chi connectivity index (χ0) is 15.4. The molecule has 2 unspecified atom stereocenters. The second-order valence-corrected chi connectivity index (χ2v) is 5.74. The van der Waals surface area contributed by atoms with Crippen LogP contribution in [-0.2, 0) is 4.74 Å². The first-order valence-electron chi connectivity index (χ1n) is 7.27. The van der Waals surface area contributed by atoms with Gasteiger partial charge in [-0.05, 0) is 50.6 Å². The van der Waals surface area contributed by atoms with Gasteiger partial charge in [-0.25, -0.2) is 0 Å². The summed E-state index contributed by atoms with van der Waals surface area (Å²) in [6, 6.07) is 7.26. The lowest BCUT2D eigenvalue weighted by Crippen LogP contribution is -2.48. The Morgan fingerprint density at radius 1 is 1.29 bits per heavy atom. The van der Waals surface area contributed by atoms with E-state index in [4.69, 9.17) is 9.47 Å². The fourth-order valence-electron chi connectivity index (χ4n) is 2.43. The molecule has 1 aliphatic heterocycles. The Morgan fingerprint density at radius 3 is 2.38 bits per heavy atom. The maximum atomic E-state index is 12.5. The topological polar surface area (TPSA) is 38.8 Å². The third kappa shape index (κ3) is 4.33. The van der Waals surface area contributed by atoms with Crippen LogP contribution >= 0.6 is 0 Å². The van der Waals surface area contributed by atoms with E-state index in [9.17, 15) is 4.79 Å². The molecule has 4 heteroatoms. The van der Waals surface area contributed by atoms with Crippen LogP contribution < -0.4 is 4.74 Å². The molecular weight excluding hydrogens is 266 g/mol. The first-order chi connectivity index (χ1) is 9.95. The second-order valence-electron chi connectivity index (χ2n) is 5.74. The van der Waals surface area contributed by atoms with Crippen LogP contribution in [0.3, 0.4) is 0 Å². The molecule has 4 nitrogen and oxygen atoms in total. The predicted octanol–water partition coefficient (Wildman–Crippen LogP) is 2.89. The maximum Gasteiger partial charge on any atom is 0.254 e. The summed E-state index contributed by atoms with van der Waals surface area (Å²) < 4.78 is 11.2. The minimum Gasteiger partial charge on any atom is -0.489 e. The summed E-state index contributed by atoms with van der Waals surface area (Å²) in [6.07, 6.45) is 0.159. The van der Waals surface area contributed by atoms with Gasteiger partial charge in [-0.2, -0.15) is 0 Å². The lowest BCUT2D eigenvalue weighted by molar-refractivity contribution is -0.0586.